The molecule has 1 aliphatic carbocycles. The van der Waals surface area contributed by atoms with Gasteiger partial charge in [0, 0.05) is 42.5 Å². The maximum atomic E-state index is 12.4. The lowest BCUT2D eigenvalue weighted by molar-refractivity contribution is -0.0129. The Labute approximate surface area is 140 Å². The fraction of sp³-hybridized carbons (Fsp3) is 0.750. The van der Waals surface area contributed by atoms with Gasteiger partial charge in [-0.15, -0.1) is 0 Å². The SMILES string of the molecule is O=C(NC[C@]1(N2CCOCC2)CCSC1)c1cc(C2CC2)[nH]n1. The zero-order valence-corrected chi connectivity index (χ0v) is 14.2. The summed E-state index contributed by atoms with van der Waals surface area (Å²) in [7, 11) is 0. The van der Waals surface area contributed by atoms with Crippen LogP contribution in [0.3, 0.4) is 0 Å². The normalized spacial score (nSPS) is 28.9. The van der Waals surface area contributed by atoms with Gasteiger partial charge >= 0.3 is 0 Å². The Morgan fingerprint density at radius 3 is 3.00 bits per heavy atom. The van der Waals surface area contributed by atoms with Crippen molar-refractivity contribution >= 4 is 17.7 Å². The van der Waals surface area contributed by atoms with Crippen molar-refractivity contribution in [1.29, 1.82) is 0 Å². The molecule has 126 valence electrons. The van der Waals surface area contributed by atoms with E-state index in [9.17, 15) is 4.79 Å². The maximum Gasteiger partial charge on any atom is 0.271 e. The molecule has 0 spiro atoms. The van der Waals surface area contributed by atoms with E-state index in [-0.39, 0.29) is 11.4 Å². The number of ether oxygens (including phenoxy) is 1. The Balaban J connectivity index is 1.39. The Kier molecular flexibility index (Phi) is 4.34. The van der Waals surface area contributed by atoms with E-state index in [4.69, 9.17) is 4.74 Å². The van der Waals surface area contributed by atoms with E-state index in [1.807, 2.05) is 17.8 Å². The number of aromatic nitrogens is 2. The lowest BCUT2D eigenvalue weighted by Gasteiger charge is -2.43. The molecule has 1 aromatic heterocycles. The second-order valence-corrected chi connectivity index (χ2v) is 7.90. The van der Waals surface area contributed by atoms with Crippen molar-refractivity contribution < 1.29 is 9.53 Å². The van der Waals surface area contributed by atoms with Crippen LogP contribution in [0.25, 0.3) is 0 Å². The van der Waals surface area contributed by atoms with Crippen LogP contribution in [0.5, 0.6) is 0 Å². The average molecular weight is 336 g/mol. The van der Waals surface area contributed by atoms with Crippen molar-refractivity contribution in [3.8, 4) is 0 Å². The molecule has 3 heterocycles. The van der Waals surface area contributed by atoms with Crippen LogP contribution in [0.2, 0.25) is 0 Å². The number of nitrogens with zero attached hydrogens (tertiary/aromatic N) is 2. The first-order chi connectivity index (χ1) is 11.3. The molecule has 1 amide bonds. The summed E-state index contributed by atoms with van der Waals surface area (Å²) in [6, 6.07) is 1.91. The molecule has 7 heteroatoms. The van der Waals surface area contributed by atoms with Gasteiger partial charge in [0.05, 0.1) is 13.2 Å². The maximum absolute atomic E-state index is 12.4. The van der Waals surface area contributed by atoms with Crippen LogP contribution in [-0.4, -0.2) is 70.9 Å². The lowest BCUT2D eigenvalue weighted by atomic mass is 9.95. The molecule has 6 nitrogen and oxygen atoms in total. The number of morpholine rings is 1. The van der Waals surface area contributed by atoms with Crippen LogP contribution in [0, 0.1) is 0 Å². The van der Waals surface area contributed by atoms with Gasteiger partial charge in [-0.1, -0.05) is 0 Å². The predicted octanol–water partition coefficient (Wildman–Crippen LogP) is 1.22. The summed E-state index contributed by atoms with van der Waals surface area (Å²) in [5, 5.41) is 10.3. The highest BCUT2D eigenvalue weighted by Gasteiger charge is 2.41. The van der Waals surface area contributed by atoms with Crippen LogP contribution in [-0.2, 0) is 4.74 Å². The molecule has 2 aliphatic heterocycles. The number of rotatable bonds is 5. The second kappa shape index (κ2) is 6.45. The Bertz CT molecular complexity index is 560. The molecule has 0 unspecified atom stereocenters. The third-order valence-corrected chi connectivity index (χ3v) is 6.42. The fourth-order valence-corrected chi connectivity index (χ4v) is 5.00. The highest BCUT2D eigenvalue weighted by Crippen LogP contribution is 2.39. The van der Waals surface area contributed by atoms with E-state index < -0.39 is 0 Å². The van der Waals surface area contributed by atoms with Crippen LogP contribution in [0.15, 0.2) is 6.07 Å². The topological polar surface area (TPSA) is 70.2 Å². The minimum absolute atomic E-state index is 0.0577. The summed E-state index contributed by atoms with van der Waals surface area (Å²) < 4.78 is 5.48. The van der Waals surface area contributed by atoms with Crippen molar-refractivity contribution in [3.63, 3.8) is 0 Å². The first-order valence-electron chi connectivity index (χ1n) is 8.51. The Hall–Kier alpha value is -1.05. The van der Waals surface area contributed by atoms with Crippen LogP contribution in [0.4, 0.5) is 0 Å². The molecule has 1 saturated carbocycles. The molecule has 3 aliphatic rings. The standard InChI is InChI=1S/C16H24N4O2S/c21-15(14-9-13(18-19-14)12-1-2-12)17-10-16(3-8-23-11-16)20-4-6-22-7-5-20/h9,12H,1-8,10-11H2,(H,17,21)(H,18,19)/t16-/m1/s1. The molecular formula is C16H24N4O2S. The third kappa shape index (κ3) is 3.27. The van der Waals surface area contributed by atoms with Crippen molar-refractivity contribution in [2.75, 3.05) is 44.4 Å². The molecule has 3 fully saturated rings. The van der Waals surface area contributed by atoms with Gasteiger partial charge in [-0.2, -0.15) is 16.9 Å². The molecule has 2 N–H and O–H groups in total. The number of carbonyl (C=O) groups is 1. The fourth-order valence-electron chi connectivity index (χ4n) is 3.53. The molecule has 2 saturated heterocycles. The van der Waals surface area contributed by atoms with Gasteiger partial charge in [0.1, 0.15) is 5.69 Å². The molecule has 0 bridgehead atoms. The summed E-state index contributed by atoms with van der Waals surface area (Å²) in [6.07, 6.45) is 3.55. The van der Waals surface area contributed by atoms with E-state index in [2.05, 4.69) is 20.4 Å². The number of carbonyl (C=O) groups excluding carboxylic acids is 1. The Morgan fingerprint density at radius 2 is 2.30 bits per heavy atom. The first kappa shape index (κ1) is 15.5. The van der Waals surface area contributed by atoms with E-state index in [0.717, 1.165) is 44.2 Å². The minimum Gasteiger partial charge on any atom is -0.379 e. The zero-order valence-electron chi connectivity index (χ0n) is 13.3. The number of aromatic amines is 1. The summed E-state index contributed by atoms with van der Waals surface area (Å²) >= 11 is 1.98. The van der Waals surface area contributed by atoms with Gasteiger partial charge in [0.25, 0.3) is 5.91 Å². The van der Waals surface area contributed by atoms with Crippen molar-refractivity contribution in [2.24, 2.45) is 0 Å². The van der Waals surface area contributed by atoms with Gasteiger partial charge in [0.15, 0.2) is 0 Å². The quantitative estimate of drug-likeness (QED) is 0.846. The first-order valence-corrected chi connectivity index (χ1v) is 9.66. The summed E-state index contributed by atoms with van der Waals surface area (Å²) in [5.74, 6) is 2.79. The van der Waals surface area contributed by atoms with Gasteiger partial charge in [0.2, 0.25) is 0 Å². The number of hydrogen-bond donors (Lipinski definition) is 2. The molecule has 1 aromatic rings. The van der Waals surface area contributed by atoms with Crippen molar-refractivity contribution in [3.05, 3.63) is 17.5 Å². The Morgan fingerprint density at radius 1 is 1.48 bits per heavy atom. The van der Waals surface area contributed by atoms with Gasteiger partial charge in [-0.3, -0.25) is 14.8 Å². The van der Waals surface area contributed by atoms with Crippen LogP contribution in [0.1, 0.15) is 41.4 Å². The molecule has 0 aromatic carbocycles. The van der Waals surface area contributed by atoms with E-state index in [0.29, 0.717) is 18.2 Å². The number of nitrogens with one attached hydrogen (secondary N) is 2. The summed E-state index contributed by atoms with van der Waals surface area (Å²) in [5.41, 5.74) is 1.71. The molecule has 1 atom stereocenters. The van der Waals surface area contributed by atoms with Crippen molar-refractivity contribution in [1.82, 2.24) is 20.4 Å². The van der Waals surface area contributed by atoms with Crippen LogP contribution >= 0.6 is 11.8 Å². The molecule has 0 radical (unpaired) electrons. The molecular weight excluding hydrogens is 312 g/mol. The van der Waals surface area contributed by atoms with E-state index >= 15 is 0 Å². The average Bonchev–Trinajstić information content (AvgIpc) is 3.14. The molecule has 23 heavy (non-hydrogen) atoms. The highest BCUT2D eigenvalue weighted by molar-refractivity contribution is 7.99. The molecule has 4 rings (SSSR count). The highest BCUT2D eigenvalue weighted by atomic mass is 32.2. The van der Waals surface area contributed by atoms with Crippen molar-refractivity contribution in [2.45, 2.75) is 30.7 Å². The largest absolute Gasteiger partial charge is 0.379 e. The predicted molar refractivity (Wildman–Crippen MR) is 90.0 cm³/mol. The lowest BCUT2D eigenvalue weighted by Crippen LogP contribution is -2.59. The second-order valence-electron chi connectivity index (χ2n) is 6.79. The van der Waals surface area contributed by atoms with E-state index in [1.54, 1.807) is 0 Å². The number of H-pyrrole nitrogens is 1. The van der Waals surface area contributed by atoms with Gasteiger partial charge < -0.3 is 10.1 Å². The van der Waals surface area contributed by atoms with Gasteiger partial charge in [-0.25, -0.2) is 0 Å². The monoisotopic (exact) mass is 336 g/mol. The number of amides is 1. The van der Waals surface area contributed by atoms with E-state index in [1.165, 1.54) is 18.6 Å². The third-order valence-electron chi connectivity index (χ3n) is 5.19. The van der Waals surface area contributed by atoms with Gasteiger partial charge in [-0.05, 0) is 31.1 Å². The zero-order chi connectivity index (χ0) is 15.7. The smallest absolute Gasteiger partial charge is 0.271 e. The number of hydrogen-bond acceptors (Lipinski definition) is 5. The minimum atomic E-state index is -0.0577. The number of thioether (sulfide) groups is 1. The summed E-state index contributed by atoms with van der Waals surface area (Å²) in [4.78, 5) is 14.9. The van der Waals surface area contributed by atoms with Crippen LogP contribution < -0.4 is 5.32 Å². The summed E-state index contributed by atoms with van der Waals surface area (Å²) in [6.45, 7) is 4.22.